The molecule has 0 atom stereocenters. The van der Waals surface area contributed by atoms with Crippen molar-refractivity contribution in [3.8, 4) is 0 Å². The highest BCUT2D eigenvalue weighted by Crippen LogP contribution is 2.03. The lowest BCUT2D eigenvalue weighted by molar-refractivity contribution is -0.111. The van der Waals surface area contributed by atoms with Crippen LogP contribution >= 0.6 is 0 Å². The summed E-state index contributed by atoms with van der Waals surface area (Å²) in [7, 11) is 0. The van der Waals surface area contributed by atoms with Crippen LogP contribution in [0.4, 0.5) is 0 Å². The molecule has 0 bridgehead atoms. The summed E-state index contributed by atoms with van der Waals surface area (Å²) in [4.78, 5) is 11.1. The molecule has 1 aliphatic carbocycles. The van der Waals surface area contributed by atoms with Gasteiger partial charge in [-0.15, -0.1) is 0 Å². The fourth-order valence-corrected chi connectivity index (χ4v) is 0.402. The molecular weight excluding hydrogens is 116 g/mol. The van der Waals surface area contributed by atoms with Crippen molar-refractivity contribution in [3.05, 3.63) is 36.0 Å². The van der Waals surface area contributed by atoms with Gasteiger partial charge < -0.3 is 5.11 Å². The summed E-state index contributed by atoms with van der Waals surface area (Å²) in [6, 6.07) is -2.29. The Morgan fingerprint density at radius 2 is 2.22 bits per heavy atom. The largest absolute Gasteiger partial charge is 0.515 e. The molecule has 0 aromatic carbocycles. The summed E-state index contributed by atoms with van der Waals surface area (Å²) in [6.07, 6.45) is 0.389. The van der Waals surface area contributed by atoms with E-state index in [1.807, 2.05) is 0 Å². The number of aliphatic hydroxyl groups excluding tert-OH is 1. The number of hydrogen-bond acceptors (Lipinski definition) is 2. The molecule has 2 nitrogen and oxygen atoms in total. The van der Waals surface area contributed by atoms with Crippen LogP contribution in [0.5, 0.6) is 0 Å². The topological polar surface area (TPSA) is 37.3 Å². The molecule has 1 aliphatic rings. The monoisotopic (exact) mass is 126 g/mol. The second-order valence-corrected chi connectivity index (χ2v) is 1.37. The van der Waals surface area contributed by atoms with Crippen LogP contribution < -0.4 is 0 Å². The number of allylic oxidation sites excluding steroid dienone is 5. The van der Waals surface area contributed by atoms with E-state index in [9.17, 15) is 4.79 Å². The molecule has 0 saturated carbocycles. The first-order valence-corrected chi connectivity index (χ1v) is 2.25. The summed E-state index contributed by atoms with van der Waals surface area (Å²) < 4.78 is 28.6. The average molecular weight is 126 g/mol. The number of hydrogen-bond donors (Lipinski definition) is 1. The quantitative estimate of drug-likeness (QED) is 0.390. The first kappa shape index (κ1) is 2.52. The Bertz CT molecular complexity index is 361. The van der Waals surface area contributed by atoms with Crippen LogP contribution in [-0.4, -0.2) is 10.9 Å². The summed E-state index contributed by atoms with van der Waals surface area (Å²) >= 11 is 0. The number of carbonyl (C=O) groups excluding carboxylic acids is 1. The van der Waals surface area contributed by atoms with Gasteiger partial charge in [0.1, 0.15) is 0 Å². The van der Waals surface area contributed by atoms with Crippen LogP contribution in [0.3, 0.4) is 0 Å². The van der Waals surface area contributed by atoms with E-state index >= 15 is 0 Å². The van der Waals surface area contributed by atoms with Crippen molar-refractivity contribution in [1.82, 2.24) is 0 Å². The van der Waals surface area contributed by atoms with E-state index < -0.39 is 35.6 Å². The molecule has 1 rings (SSSR count). The van der Waals surface area contributed by atoms with Crippen LogP contribution in [0.25, 0.3) is 0 Å². The number of carbonyl (C=O) groups is 1. The highest BCUT2D eigenvalue weighted by atomic mass is 16.2. The molecule has 46 valence electrons. The van der Waals surface area contributed by atoms with Gasteiger partial charge in [0, 0.05) is 0 Å². The van der Waals surface area contributed by atoms with Gasteiger partial charge in [0.05, 0.1) is 17.3 Å². The van der Waals surface area contributed by atoms with Crippen molar-refractivity contribution in [2.24, 2.45) is 0 Å². The predicted molar refractivity (Wildman–Crippen MR) is 34.0 cm³/mol. The lowest BCUT2D eigenvalue weighted by Crippen LogP contribution is -1.97. The molecule has 0 unspecified atom stereocenters. The van der Waals surface area contributed by atoms with Crippen molar-refractivity contribution < 1.29 is 15.4 Å². The van der Waals surface area contributed by atoms with Crippen molar-refractivity contribution in [2.75, 3.05) is 0 Å². The molecule has 9 heavy (non-hydrogen) atoms. The Morgan fingerprint density at radius 1 is 1.56 bits per heavy atom. The third kappa shape index (κ3) is 1.08. The summed E-state index contributed by atoms with van der Waals surface area (Å²) in [5.41, 5.74) is -0.411. The van der Waals surface area contributed by atoms with Gasteiger partial charge in [-0.1, -0.05) is 12.1 Å². The standard InChI is InChI=1S/C7H6O2/c8-5-6-3-1-2-4-7(6)9/h1-5,8H/i1D,2D,3D,4D. The normalized spacial score (nSPS) is 32.0. The second-order valence-electron chi connectivity index (χ2n) is 1.37. The SMILES string of the molecule is [2H]C1=C([2H])C([2H])=C([2H])C(=CO)C1=O. The molecule has 0 aliphatic heterocycles. The second kappa shape index (κ2) is 2.31. The average Bonchev–Trinajstić information content (AvgIpc) is 2.13. The molecule has 0 amide bonds. The third-order valence-corrected chi connectivity index (χ3v) is 0.809. The third-order valence-electron chi connectivity index (χ3n) is 0.809. The van der Waals surface area contributed by atoms with Crippen molar-refractivity contribution in [3.63, 3.8) is 0 Å². The maximum Gasteiger partial charge on any atom is 0.188 e. The minimum atomic E-state index is -0.895. The van der Waals surface area contributed by atoms with Crippen LogP contribution in [0.1, 0.15) is 5.48 Å². The molecule has 0 fully saturated rings. The molecule has 0 radical (unpaired) electrons. The van der Waals surface area contributed by atoms with E-state index in [0.717, 1.165) is 0 Å². The van der Waals surface area contributed by atoms with Gasteiger partial charge in [-0.3, -0.25) is 4.79 Å². The highest BCUT2D eigenvalue weighted by Gasteiger charge is 2.03. The highest BCUT2D eigenvalue weighted by molar-refractivity contribution is 6.07. The van der Waals surface area contributed by atoms with Gasteiger partial charge in [-0.05, 0) is 12.1 Å². The first-order chi connectivity index (χ1) is 6.00. The predicted octanol–water partition coefficient (Wildman–Crippen LogP) is 1.12. The molecule has 1 N–H and O–H groups in total. The van der Waals surface area contributed by atoms with E-state index in [4.69, 9.17) is 10.6 Å². The fourth-order valence-electron chi connectivity index (χ4n) is 0.402. The zero-order chi connectivity index (χ0) is 10.2. The van der Waals surface area contributed by atoms with E-state index in [0.29, 0.717) is 6.26 Å². The summed E-state index contributed by atoms with van der Waals surface area (Å²) in [5.74, 6) is -0.895. The van der Waals surface area contributed by atoms with Crippen LogP contribution in [0.15, 0.2) is 36.0 Å². The smallest absolute Gasteiger partial charge is 0.188 e. The van der Waals surface area contributed by atoms with E-state index in [2.05, 4.69) is 0 Å². The Kier molecular flexibility index (Phi) is 0.646. The molecule has 0 aromatic heterocycles. The van der Waals surface area contributed by atoms with Gasteiger partial charge in [0.15, 0.2) is 5.78 Å². The Balaban J connectivity index is 3.41. The van der Waals surface area contributed by atoms with Crippen molar-refractivity contribution >= 4 is 5.78 Å². The summed E-state index contributed by atoms with van der Waals surface area (Å²) in [6.45, 7) is 0. The van der Waals surface area contributed by atoms with Gasteiger partial charge in [-0.2, -0.15) is 0 Å². The first-order valence-electron chi connectivity index (χ1n) is 4.25. The van der Waals surface area contributed by atoms with Crippen LogP contribution in [0.2, 0.25) is 0 Å². The molecule has 0 heterocycles. The molecule has 0 aromatic rings. The lowest BCUT2D eigenvalue weighted by Gasteiger charge is -1.95. The van der Waals surface area contributed by atoms with Gasteiger partial charge in [0.2, 0.25) is 0 Å². The number of aliphatic hydroxyl groups is 1. The van der Waals surface area contributed by atoms with Crippen molar-refractivity contribution in [2.45, 2.75) is 0 Å². The Morgan fingerprint density at radius 3 is 2.89 bits per heavy atom. The Hall–Kier alpha value is -1.31. The molecular formula is C7H6O2. The van der Waals surface area contributed by atoms with Crippen LogP contribution in [-0.2, 0) is 4.79 Å². The fraction of sp³-hybridized carbons (Fsp3) is 0. The van der Waals surface area contributed by atoms with E-state index in [1.165, 1.54) is 0 Å². The molecule has 0 saturated heterocycles. The van der Waals surface area contributed by atoms with Crippen LogP contribution in [0, 0.1) is 0 Å². The van der Waals surface area contributed by atoms with E-state index in [-0.39, 0.29) is 0 Å². The maximum atomic E-state index is 11.1. The van der Waals surface area contributed by atoms with Gasteiger partial charge >= 0.3 is 0 Å². The van der Waals surface area contributed by atoms with E-state index in [1.54, 1.807) is 0 Å². The Labute approximate surface area is 58.4 Å². The lowest BCUT2D eigenvalue weighted by atomic mass is 10.1. The van der Waals surface area contributed by atoms with Crippen molar-refractivity contribution in [1.29, 1.82) is 0 Å². The number of rotatable bonds is 0. The minimum absolute atomic E-state index is 0.389. The number of ketones is 1. The molecule has 0 spiro atoms. The van der Waals surface area contributed by atoms with Gasteiger partial charge in [0.25, 0.3) is 0 Å². The summed E-state index contributed by atoms with van der Waals surface area (Å²) in [5, 5.41) is 8.57. The molecule has 2 heteroatoms. The zero-order valence-electron chi connectivity index (χ0n) is 8.43. The van der Waals surface area contributed by atoms with Gasteiger partial charge in [-0.25, -0.2) is 0 Å². The zero-order valence-corrected chi connectivity index (χ0v) is 4.43. The maximum absolute atomic E-state index is 11.1. The minimum Gasteiger partial charge on any atom is -0.515 e.